The minimum atomic E-state index is -0.223. The van der Waals surface area contributed by atoms with Crippen LogP contribution >= 0.6 is 0 Å². The number of hydrogen-bond donors (Lipinski definition) is 2. The highest BCUT2D eigenvalue weighted by Gasteiger charge is 2.07. The predicted octanol–water partition coefficient (Wildman–Crippen LogP) is 3.25. The topological polar surface area (TPSA) is 45.1 Å². The third-order valence-corrected chi connectivity index (χ3v) is 3.64. The first-order valence-electron chi connectivity index (χ1n) is 7.55. The maximum absolute atomic E-state index is 9.77. The second-order valence-electron chi connectivity index (χ2n) is 5.72. The van der Waals surface area contributed by atoms with E-state index in [9.17, 15) is 5.11 Å². The van der Waals surface area contributed by atoms with Gasteiger partial charge in [-0.3, -0.25) is 4.98 Å². The Hall–Kier alpha value is -1.71. The molecule has 1 heterocycles. The fourth-order valence-electron chi connectivity index (χ4n) is 2.21. The van der Waals surface area contributed by atoms with E-state index in [1.54, 1.807) is 6.20 Å². The Morgan fingerprint density at radius 2 is 1.95 bits per heavy atom. The minimum absolute atomic E-state index is 0.223. The van der Waals surface area contributed by atoms with E-state index in [1.165, 1.54) is 11.1 Å². The van der Waals surface area contributed by atoms with Gasteiger partial charge >= 0.3 is 0 Å². The number of nitrogens with one attached hydrogen (secondary N) is 1. The van der Waals surface area contributed by atoms with Crippen LogP contribution in [0.25, 0.3) is 11.1 Å². The van der Waals surface area contributed by atoms with Gasteiger partial charge in [-0.15, -0.1) is 0 Å². The highest BCUT2D eigenvalue weighted by molar-refractivity contribution is 5.62. The number of pyridine rings is 1. The molecule has 0 aliphatic carbocycles. The summed E-state index contributed by atoms with van der Waals surface area (Å²) in [5.41, 5.74) is 3.56. The van der Waals surface area contributed by atoms with Crippen molar-refractivity contribution in [1.29, 1.82) is 0 Å². The van der Waals surface area contributed by atoms with Crippen molar-refractivity contribution >= 4 is 0 Å². The Labute approximate surface area is 127 Å². The van der Waals surface area contributed by atoms with Gasteiger partial charge in [-0.1, -0.05) is 38.1 Å². The van der Waals surface area contributed by atoms with E-state index in [-0.39, 0.29) is 6.10 Å². The molecule has 3 nitrogen and oxygen atoms in total. The van der Waals surface area contributed by atoms with Gasteiger partial charge in [0.05, 0.1) is 6.10 Å². The lowest BCUT2D eigenvalue weighted by molar-refractivity contribution is 0.116. The summed E-state index contributed by atoms with van der Waals surface area (Å²) in [6.07, 6.45) is 4.24. The number of hydrogen-bond acceptors (Lipinski definition) is 3. The fourth-order valence-corrected chi connectivity index (χ4v) is 2.21. The summed E-state index contributed by atoms with van der Waals surface area (Å²) in [7, 11) is 0. The molecule has 2 N–H and O–H groups in total. The van der Waals surface area contributed by atoms with Crippen molar-refractivity contribution in [2.45, 2.75) is 32.9 Å². The van der Waals surface area contributed by atoms with Gasteiger partial charge in [0.15, 0.2) is 0 Å². The zero-order valence-corrected chi connectivity index (χ0v) is 12.8. The molecule has 21 heavy (non-hydrogen) atoms. The number of aliphatic hydroxyl groups excluding tert-OH is 1. The van der Waals surface area contributed by atoms with Crippen LogP contribution in [0, 0.1) is 5.92 Å². The molecular formula is C18H24N2O. The van der Waals surface area contributed by atoms with Crippen LogP contribution in [0.15, 0.2) is 48.8 Å². The second kappa shape index (κ2) is 7.91. The van der Waals surface area contributed by atoms with Crippen LogP contribution in [0.3, 0.4) is 0 Å². The molecule has 0 fully saturated rings. The average molecular weight is 284 g/mol. The molecule has 2 aromatic rings. The van der Waals surface area contributed by atoms with Crippen LogP contribution in [0.2, 0.25) is 0 Å². The average Bonchev–Trinajstić information content (AvgIpc) is 2.52. The van der Waals surface area contributed by atoms with Crippen molar-refractivity contribution < 1.29 is 5.11 Å². The Kier molecular flexibility index (Phi) is 5.90. The zero-order valence-electron chi connectivity index (χ0n) is 12.8. The normalized spacial score (nSPS) is 12.6. The van der Waals surface area contributed by atoms with E-state index in [1.807, 2.05) is 26.1 Å². The minimum Gasteiger partial charge on any atom is -0.393 e. The molecule has 0 aliphatic rings. The van der Waals surface area contributed by atoms with Gasteiger partial charge in [0.2, 0.25) is 0 Å². The Morgan fingerprint density at radius 1 is 1.14 bits per heavy atom. The molecule has 1 unspecified atom stereocenters. The molecule has 0 aliphatic heterocycles. The van der Waals surface area contributed by atoms with E-state index in [2.05, 4.69) is 40.6 Å². The van der Waals surface area contributed by atoms with Gasteiger partial charge in [0.25, 0.3) is 0 Å². The largest absolute Gasteiger partial charge is 0.393 e. The summed E-state index contributed by atoms with van der Waals surface area (Å²) in [5.74, 6) is 0.320. The smallest absolute Gasteiger partial charge is 0.0575 e. The SMILES string of the molecule is CC(C)C(O)CCNCc1cccc(-c2cccnc2)c1. The van der Waals surface area contributed by atoms with Gasteiger partial charge < -0.3 is 10.4 Å². The predicted molar refractivity (Wildman–Crippen MR) is 86.8 cm³/mol. The van der Waals surface area contributed by atoms with Crippen molar-refractivity contribution in [3.63, 3.8) is 0 Å². The summed E-state index contributed by atoms with van der Waals surface area (Å²) >= 11 is 0. The number of aliphatic hydroxyl groups is 1. The van der Waals surface area contributed by atoms with Crippen molar-refractivity contribution in [2.75, 3.05) is 6.54 Å². The summed E-state index contributed by atoms with van der Waals surface area (Å²) in [6.45, 7) is 5.74. The first kappa shape index (κ1) is 15.7. The monoisotopic (exact) mass is 284 g/mol. The van der Waals surface area contributed by atoms with E-state index >= 15 is 0 Å². The van der Waals surface area contributed by atoms with Crippen LogP contribution in [-0.4, -0.2) is 22.7 Å². The quantitative estimate of drug-likeness (QED) is 0.767. The van der Waals surface area contributed by atoms with Crippen molar-refractivity contribution in [3.05, 3.63) is 54.4 Å². The van der Waals surface area contributed by atoms with Crippen LogP contribution in [-0.2, 0) is 6.54 Å². The summed E-state index contributed by atoms with van der Waals surface area (Å²) in [5, 5.41) is 13.2. The maximum atomic E-state index is 9.77. The van der Waals surface area contributed by atoms with Gasteiger partial charge in [0, 0.05) is 18.9 Å². The van der Waals surface area contributed by atoms with Crippen LogP contribution in [0.1, 0.15) is 25.8 Å². The third-order valence-electron chi connectivity index (χ3n) is 3.64. The molecule has 0 saturated heterocycles. The summed E-state index contributed by atoms with van der Waals surface area (Å²) < 4.78 is 0. The highest BCUT2D eigenvalue weighted by Crippen LogP contribution is 2.19. The standard InChI is InChI=1S/C18H24N2O/c1-14(2)18(21)8-10-20-12-15-5-3-6-16(11-15)17-7-4-9-19-13-17/h3-7,9,11,13-14,18,20-21H,8,10,12H2,1-2H3. The van der Waals surface area contributed by atoms with Crippen molar-refractivity contribution in [1.82, 2.24) is 10.3 Å². The van der Waals surface area contributed by atoms with Gasteiger partial charge in [-0.05, 0) is 47.7 Å². The fraction of sp³-hybridized carbons (Fsp3) is 0.389. The number of benzene rings is 1. The first-order chi connectivity index (χ1) is 10.2. The van der Waals surface area contributed by atoms with Crippen LogP contribution in [0.5, 0.6) is 0 Å². The summed E-state index contributed by atoms with van der Waals surface area (Å²) in [4.78, 5) is 4.16. The Bertz CT molecular complexity index is 540. The van der Waals surface area contributed by atoms with Crippen LogP contribution < -0.4 is 5.32 Å². The van der Waals surface area contributed by atoms with Crippen molar-refractivity contribution in [3.8, 4) is 11.1 Å². The zero-order chi connectivity index (χ0) is 15.1. The molecule has 0 bridgehead atoms. The van der Waals surface area contributed by atoms with E-state index in [0.29, 0.717) is 5.92 Å². The third kappa shape index (κ3) is 4.96. The molecule has 1 aromatic heterocycles. The van der Waals surface area contributed by atoms with Gasteiger partial charge in [-0.2, -0.15) is 0 Å². The van der Waals surface area contributed by atoms with E-state index < -0.39 is 0 Å². The molecule has 0 spiro atoms. The van der Waals surface area contributed by atoms with Crippen molar-refractivity contribution in [2.24, 2.45) is 5.92 Å². The molecule has 0 radical (unpaired) electrons. The van der Waals surface area contributed by atoms with E-state index in [0.717, 1.165) is 25.1 Å². The molecular weight excluding hydrogens is 260 g/mol. The molecule has 3 heteroatoms. The molecule has 1 atom stereocenters. The molecule has 0 amide bonds. The number of rotatable bonds is 7. The molecule has 0 saturated carbocycles. The number of aromatic nitrogens is 1. The lowest BCUT2D eigenvalue weighted by Crippen LogP contribution is -2.23. The summed E-state index contributed by atoms with van der Waals surface area (Å²) in [6, 6.07) is 12.5. The second-order valence-corrected chi connectivity index (χ2v) is 5.72. The number of nitrogens with zero attached hydrogens (tertiary/aromatic N) is 1. The Morgan fingerprint density at radius 3 is 2.67 bits per heavy atom. The van der Waals surface area contributed by atoms with Crippen LogP contribution in [0.4, 0.5) is 0 Å². The molecule has 1 aromatic carbocycles. The lowest BCUT2D eigenvalue weighted by Gasteiger charge is -2.14. The molecule has 2 rings (SSSR count). The lowest BCUT2D eigenvalue weighted by atomic mass is 10.0. The van der Waals surface area contributed by atoms with E-state index in [4.69, 9.17) is 0 Å². The van der Waals surface area contributed by atoms with Gasteiger partial charge in [0.1, 0.15) is 0 Å². The maximum Gasteiger partial charge on any atom is 0.0575 e. The van der Waals surface area contributed by atoms with Gasteiger partial charge in [-0.25, -0.2) is 0 Å². The highest BCUT2D eigenvalue weighted by atomic mass is 16.3. The Balaban J connectivity index is 1.87. The first-order valence-corrected chi connectivity index (χ1v) is 7.55. The molecule has 112 valence electrons.